The van der Waals surface area contributed by atoms with E-state index in [1.165, 1.54) is 0 Å². The number of carboxylic acids is 1. The molecule has 1 heterocycles. The van der Waals surface area contributed by atoms with E-state index in [2.05, 4.69) is 9.97 Å². The lowest BCUT2D eigenvalue weighted by Gasteiger charge is -2.10. The normalized spacial score (nSPS) is 10.5. The van der Waals surface area contributed by atoms with Crippen molar-refractivity contribution in [1.29, 1.82) is 0 Å². The van der Waals surface area contributed by atoms with Gasteiger partial charge in [0.1, 0.15) is 18.0 Å². The Morgan fingerprint density at radius 2 is 2.11 bits per heavy atom. The fourth-order valence-corrected chi connectivity index (χ4v) is 2.03. The molecule has 0 saturated heterocycles. The van der Waals surface area contributed by atoms with Crippen LogP contribution >= 0.6 is 0 Å². The van der Waals surface area contributed by atoms with Crippen LogP contribution in [0, 0.1) is 13.8 Å². The van der Waals surface area contributed by atoms with Crippen molar-refractivity contribution in [2.45, 2.75) is 20.3 Å². The van der Waals surface area contributed by atoms with Crippen LogP contribution < -0.4 is 4.74 Å². The fourth-order valence-electron chi connectivity index (χ4n) is 2.03. The number of aryl methyl sites for hydroxylation is 2. The molecular formula is C14H16N2O3. The van der Waals surface area contributed by atoms with Gasteiger partial charge in [-0.1, -0.05) is 0 Å². The summed E-state index contributed by atoms with van der Waals surface area (Å²) in [5.41, 5.74) is 3.90. The lowest BCUT2D eigenvalue weighted by Crippen LogP contribution is -2.01. The van der Waals surface area contributed by atoms with Gasteiger partial charge in [0.25, 0.3) is 0 Å². The van der Waals surface area contributed by atoms with Gasteiger partial charge in [0, 0.05) is 5.56 Å². The molecule has 2 rings (SSSR count). The lowest BCUT2D eigenvalue weighted by atomic mass is 10.0. The molecule has 19 heavy (non-hydrogen) atoms. The van der Waals surface area contributed by atoms with Crippen molar-refractivity contribution in [3.63, 3.8) is 0 Å². The molecule has 0 radical (unpaired) electrons. The van der Waals surface area contributed by atoms with Crippen LogP contribution in [0.3, 0.4) is 0 Å². The minimum Gasteiger partial charge on any atom is -0.496 e. The van der Waals surface area contributed by atoms with Gasteiger partial charge >= 0.3 is 5.97 Å². The first-order valence-electron chi connectivity index (χ1n) is 5.92. The SMILES string of the molecule is COc1cc(C)c(-c2cnc(CC(=O)O)[nH]2)cc1C. The first-order valence-corrected chi connectivity index (χ1v) is 5.92. The monoisotopic (exact) mass is 260 g/mol. The predicted octanol–water partition coefficient (Wildman–Crippen LogP) is 2.33. The van der Waals surface area contributed by atoms with E-state index in [9.17, 15) is 4.79 Å². The van der Waals surface area contributed by atoms with Crippen LogP contribution in [0.15, 0.2) is 18.3 Å². The Hall–Kier alpha value is -2.30. The number of aliphatic carboxylic acids is 1. The van der Waals surface area contributed by atoms with Crippen LogP contribution in [0.25, 0.3) is 11.3 Å². The smallest absolute Gasteiger partial charge is 0.311 e. The molecule has 0 aliphatic rings. The van der Waals surface area contributed by atoms with Gasteiger partial charge in [-0.3, -0.25) is 4.79 Å². The van der Waals surface area contributed by atoms with Crippen LogP contribution in [0.4, 0.5) is 0 Å². The second-order valence-electron chi connectivity index (χ2n) is 4.45. The van der Waals surface area contributed by atoms with E-state index >= 15 is 0 Å². The highest BCUT2D eigenvalue weighted by Gasteiger charge is 2.11. The summed E-state index contributed by atoms with van der Waals surface area (Å²) >= 11 is 0. The van der Waals surface area contributed by atoms with Gasteiger partial charge in [-0.25, -0.2) is 4.98 Å². The number of carbonyl (C=O) groups is 1. The van der Waals surface area contributed by atoms with Crippen molar-refractivity contribution < 1.29 is 14.6 Å². The van der Waals surface area contributed by atoms with E-state index in [0.717, 1.165) is 28.1 Å². The number of benzene rings is 1. The van der Waals surface area contributed by atoms with Crippen LogP contribution in [0.5, 0.6) is 5.75 Å². The molecule has 1 aromatic heterocycles. The molecule has 0 atom stereocenters. The highest BCUT2D eigenvalue weighted by Crippen LogP contribution is 2.29. The Labute approximate surface area is 111 Å². The second kappa shape index (κ2) is 5.14. The van der Waals surface area contributed by atoms with E-state index in [-0.39, 0.29) is 6.42 Å². The highest BCUT2D eigenvalue weighted by atomic mass is 16.5. The van der Waals surface area contributed by atoms with Gasteiger partial charge in [-0.15, -0.1) is 0 Å². The molecule has 5 nitrogen and oxygen atoms in total. The summed E-state index contributed by atoms with van der Waals surface area (Å²) in [6.45, 7) is 3.95. The summed E-state index contributed by atoms with van der Waals surface area (Å²) in [7, 11) is 1.64. The third-order valence-electron chi connectivity index (χ3n) is 2.98. The summed E-state index contributed by atoms with van der Waals surface area (Å²) in [5.74, 6) is 0.394. The number of methoxy groups -OCH3 is 1. The average Bonchev–Trinajstić information content (AvgIpc) is 2.79. The molecule has 0 amide bonds. The predicted molar refractivity (Wildman–Crippen MR) is 71.4 cm³/mol. The zero-order valence-corrected chi connectivity index (χ0v) is 11.2. The maximum Gasteiger partial charge on any atom is 0.311 e. The summed E-state index contributed by atoms with van der Waals surface area (Å²) in [6, 6.07) is 3.97. The summed E-state index contributed by atoms with van der Waals surface area (Å²) in [5, 5.41) is 8.74. The number of nitrogens with one attached hydrogen (secondary N) is 1. The Bertz CT molecular complexity index is 617. The number of hydrogen-bond donors (Lipinski definition) is 2. The maximum atomic E-state index is 10.6. The number of imidazole rings is 1. The minimum absolute atomic E-state index is 0.103. The number of carboxylic acid groups (broad SMARTS) is 1. The Balaban J connectivity index is 2.39. The van der Waals surface area contributed by atoms with Gasteiger partial charge in [0.05, 0.1) is 19.0 Å². The third-order valence-corrected chi connectivity index (χ3v) is 2.98. The number of H-pyrrole nitrogens is 1. The van der Waals surface area contributed by atoms with E-state index in [1.54, 1.807) is 13.3 Å². The standard InChI is InChI=1S/C14H16N2O3/c1-8-5-12(19-3)9(2)4-10(8)11-7-15-13(16-11)6-14(17)18/h4-5,7H,6H2,1-3H3,(H,15,16)(H,17,18). The summed E-state index contributed by atoms with van der Waals surface area (Å²) < 4.78 is 5.27. The second-order valence-corrected chi connectivity index (χ2v) is 4.45. The van der Waals surface area contributed by atoms with Gasteiger partial charge in [0.15, 0.2) is 0 Å². The maximum absolute atomic E-state index is 10.6. The molecule has 100 valence electrons. The molecule has 0 unspecified atom stereocenters. The van der Waals surface area contributed by atoms with Crippen molar-refractivity contribution in [2.75, 3.05) is 7.11 Å². The Kier molecular flexibility index (Phi) is 3.55. The Morgan fingerprint density at radius 3 is 2.74 bits per heavy atom. The molecule has 0 saturated carbocycles. The van der Waals surface area contributed by atoms with Gasteiger partial charge in [-0.2, -0.15) is 0 Å². The molecule has 2 N–H and O–H groups in total. The molecular weight excluding hydrogens is 244 g/mol. The minimum atomic E-state index is -0.900. The number of ether oxygens (including phenoxy) is 1. The molecule has 1 aromatic carbocycles. The van der Waals surface area contributed by atoms with Crippen LogP contribution in [-0.2, 0) is 11.2 Å². The number of rotatable bonds is 4. The average molecular weight is 260 g/mol. The molecule has 2 aromatic rings. The van der Waals surface area contributed by atoms with Crippen molar-refractivity contribution in [2.24, 2.45) is 0 Å². The molecule has 0 fully saturated rings. The fraction of sp³-hybridized carbons (Fsp3) is 0.286. The summed E-state index contributed by atoms with van der Waals surface area (Å²) in [6.07, 6.45) is 1.56. The molecule has 0 bridgehead atoms. The Morgan fingerprint density at radius 1 is 1.37 bits per heavy atom. The number of aromatic nitrogens is 2. The van der Waals surface area contributed by atoms with Gasteiger partial charge in [-0.05, 0) is 37.1 Å². The van der Waals surface area contributed by atoms with E-state index < -0.39 is 5.97 Å². The quantitative estimate of drug-likeness (QED) is 0.884. The van der Waals surface area contributed by atoms with Crippen molar-refractivity contribution >= 4 is 5.97 Å². The molecule has 5 heteroatoms. The summed E-state index contributed by atoms with van der Waals surface area (Å²) in [4.78, 5) is 17.8. The largest absolute Gasteiger partial charge is 0.496 e. The van der Waals surface area contributed by atoms with E-state index in [4.69, 9.17) is 9.84 Å². The van der Waals surface area contributed by atoms with Crippen molar-refractivity contribution in [1.82, 2.24) is 9.97 Å². The van der Waals surface area contributed by atoms with Crippen LogP contribution in [0.2, 0.25) is 0 Å². The number of aromatic amines is 1. The lowest BCUT2D eigenvalue weighted by molar-refractivity contribution is -0.136. The zero-order chi connectivity index (χ0) is 14.0. The van der Waals surface area contributed by atoms with Gasteiger partial charge < -0.3 is 14.8 Å². The van der Waals surface area contributed by atoms with Crippen molar-refractivity contribution in [3.8, 4) is 17.0 Å². The van der Waals surface area contributed by atoms with E-state index in [0.29, 0.717) is 5.82 Å². The van der Waals surface area contributed by atoms with Crippen LogP contribution in [0.1, 0.15) is 17.0 Å². The van der Waals surface area contributed by atoms with Gasteiger partial charge in [0.2, 0.25) is 0 Å². The number of hydrogen-bond acceptors (Lipinski definition) is 3. The van der Waals surface area contributed by atoms with Crippen molar-refractivity contribution in [3.05, 3.63) is 35.3 Å². The third kappa shape index (κ3) is 2.76. The topological polar surface area (TPSA) is 75.2 Å². The first kappa shape index (κ1) is 13.1. The molecule has 0 aliphatic carbocycles. The molecule has 0 spiro atoms. The van der Waals surface area contributed by atoms with E-state index in [1.807, 2.05) is 26.0 Å². The van der Waals surface area contributed by atoms with Crippen LogP contribution in [-0.4, -0.2) is 28.2 Å². The number of nitrogens with zero attached hydrogens (tertiary/aromatic N) is 1. The molecule has 0 aliphatic heterocycles. The first-order chi connectivity index (χ1) is 9.01. The zero-order valence-electron chi connectivity index (χ0n) is 11.2. The highest BCUT2D eigenvalue weighted by molar-refractivity contribution is 5.70.